The second-order valence-electron chi connectivity index (χ2n) is 9.16. The Bertz CT molecular complexity index is 1640. The van der Waals surface area contributed by atoms with Gasteiger partial charge in [-0.15, -0.1) is 0 Å². The summed E-state index contributed by atoms with van der Waals surface area (Å²) in [5.41, 5.74) is 3.55. The second-order valence-corrected chi connectivity index (χ2v) is 11.1. The van der Waals surface area contributed by atoms with E-state index in [1.807, 2.05) is 19.9 Å². The SMILES string of the molecule is COc1cccc(NC(=O)c2nn3c(C)cc(C)nc3c2-c2ccc(OC)c(S(=O)(=O)N3CCCC3)c2)c1. The Hall–Kier alpha value is -3.96. The maximum atomic E-state index is 13.6. The number of hydrogen-bond donors (Lipinski definition) is 1. The number of methoxy groups -OCH3 is 2. The molecule has 0 radical (unpaired) electrons. The number of aryl methyl sites for hydroxylation is 2. The summed E-state index contributed by atoms with van der Waals surface area (Å²) in [5, 5.41) is 7.48. The molecule has 38 heavy (non-hydrogen) atoms. The maximum Gasteiger partial charge on any atom is 0.276 e. The van der Waals surface area contributed by atoms with Crippen LogP contribution in [0.5, 0.6) is 11.5 Å². The Morgan fingerprint density at radius 1 is 1.00 bits per heavy atom. The van der Waals surface area contributed by atoms with Crippen LogP contribution in [0.2, 0.25) is 0 Å². The summed E-state index contributed by atoms with van der Waals surface area (Å²) in [5.74, 6) is 0.369. The van der Waals surface area contributed by atoms with Gasteiger partial charge in [0.05, 0.1) is 19.8 Å². The molecule has 1 amide bonds. The number of nitrogens with one attached hydrogen (secondary N) is 1. The molecule has 1 saturated heterocycles. The zero-order valence-electron chi connectivity index (χ0n) is 21.7. The van der Waals surface area contributed by atoms with Crippen LogP contribution in [0.25, 0.3) is 16.8 Å². The van der Waals surface area contributed by atoms with Gasteiger partial charge >= 0.3 is 0 Å². The smallest absolute Gasteiger partial charge is 0.276 e. The maximum absolute atomic E-state index is 13.6. The number of amides is 1. The lowest BCUT2D eigenvalue weighted by Crippen LogP contribution is -2.28. The fourth-order valence-corrected chi connectivity index (χ4v) is 6.44. The standard InChI is InChI=1S/C27H29N5O5S/c1-17-14-18(2)32-26(28-17)24(25(30-32)27(33)29-20-8-7-9-21(16-20)36-3)19-10-11-22(37-4)23(15-19)38(34,35)31-12-5-6-13-31/h7-11,14-16H,5-6,12-13H2,1-4H3,(H,29,33). The zero-order valence-corrected chi connectivity index (χ0v) is 22.5. The van der Waals surface area contributed by atoms with Gasteiger partial charge in [-0.3, -0.25) is 4.79 Å². The van der Waals surface area contributed by atoms with Gasteiger partial charge in [-0.1, -0.05) is 12.1 Å². The molecule has 2 aromatic heterocycles. The van der Waals surface area contributed by atoms with Gasteiger partial charge in [0.15, 0.2) is 11.3 Å². The summed E-state index contributed by atoms with van der Waals surface area (Å²) < 4.78 is 40.9. The van der Waals surface area contributed by atoms with Crippen LogP contribution in [0.1, 0.15) is 34.7 Å². The van der Waals surface area contributed by atoms with E-state index >= 15 is 0 Å². The number of hydrogen-bond acceptors (Lipinski definition) is 7. The molecule has 3 heterocycles. The summed E-state index contributed by atoms with van der Waals surface area (Å²) >= 11 is 0. The van der Waals surface area contributed by atoms with Crippen molar-refractivity contribution in [2.75, 3.05) is 32.6 Å². The van der Waals surface area contributed by atoms with Crippen LogP contribution in [0, 0.1) is 13.8 Å². The second kappa shape index (κ2) is 10.1. The average molecular weight is 536 g/mol. The molecule has 0 spiro atoms. The molecule has 0 aliphatic carbocycles. The number of sulfonamides is 1. The Morgan fingerprint density at radius 2 is 1.76 bits per heavy atom. The number of benzene rings is 2. The first-order valence-electron chi connectivity index (χ1n) is 12.2. The molecular formula is C27H29N5O5S. The highest BCUT2D eigenvalue weighted by atomic mass is 32.2. The summed E-state index contributed by atoms with van der Waals surface area (Å²) in [6.07, 6.45) is 1.62. The number of aromatic nitrogens is 3. The molecule has 1 fully saturated rings. The van der Waals surface area contributed by atoms with Crippen LogP contribution in [0.3, 0.4) is 0 Å². The van der Waals surface area contributed by atoms with Crippen molar-refractivity contribution in [1.29, 1.82) is 0 Å². The lowest BCUT2D eigenvalue weighted by atomic mass is 10.0. The summed E-state index contributed by atoms with van der Waals surface area (Å²) in [6, 6.07) is 13.7. The normalized spacial score (nSPS) is 14.1. The van der Waals surface area contributed by atoms with E-state index in [1.54, 1.807) is 54.1 Å². The molecule has 1 aliphatic rings. The van der Waals surface area contributed by atoms with E-state index in [2.05, 4.69) is 15.4 Å². The van der Waals surface area contributed by atoms with Crippen molar-refractivity contribution in [2.24, 2.45) is 0 Å². The first-order valence-corrected chi connectivity index (χ1v) is 13.7. The van der Waals surface area contributed by atoms with E-state index in [4.69, 9.17) is 9.47 Å². The number of nitrogens with zero attached hydrogens (tertiary/aromatic N) is 4. The molecule has 1 N–H and O–H groups in total. The van der Waals surface area contributed by atoms with Gasteiger partial charge in [-0.25, -0.2) is 17.9 Å². The Kier molecular flexibility index (Phi) is 6.80. The monoisotopic (exact) mass is 535 g/mol. The lowest BCUT2D eigenvalue weighted by Gasteiger charge is -2.18. The van der Waals surface area contributed by atoms with Gasteiger partial charge in [-0.2, -0.15) is 9.40 Å². The van der Waals surface area contributed by atoms with Crippen LogP contribution in [0.15, 0.2) is 53.4 Å². The minimum absolute atomic E-state index is 0.0438. The third kappa shape index (κ3) is 4.59. The fraction of sp³-hybridized carbons (Fsp3) is 0.296. The van der Waals surface area contributed by atoms with Crippen molar-refractivity contribution < 1.29 is 22.7 Å². The van der Waals surface area contributed by atoms with Crippen LogP contribution < -0.4 is 14.8 Å². The van der Waals surface area contributed by atoms with Gasteiger partial charge in [0.25, 0.3) is 5.91 Å². The van der Waals surface area contributed by atoms with Crippen molar-refractivity contribution in [3.05, 3.63) is 65.6 Å². The minimum Gasteiger partial charge on any atom is -0.497 e. The molecule has 5 rings (SSSR count). The Morgan fingerprint density at radius 3 is 2.47 bits per heavy atom. The van der Waals surface area contributed by atoms with Crippen LogP contribution in [0.4, 0.5) is 5.69 Å². The summed E-state index contributed by atoms with van der Waals surface area (Å²) in [7, 11) is -0.818. The van der Waals surface area contributed by atoms with Crippen molar-refractivity contribution in [3.8, 4) is 22.6 Å². The van der Waals surface area contributed by atoms with E-state index in [1.165, 1.54) is 11.4 Å². The fourth-order valence-electron chi connectivity index (χ4n) is 4.74. The number of carbonyl (C=O) groups excluding carboxylic acids is 1. The predicted molar refractivity (Wildman–Crippen MR) is 143 cm³/mol. The zero-order chi connectivity index (χ0) is 27.0. The van der Waals surface area contributed by atoms with Crippen molar-refractivity contribution in [1.82, 2.24) is 18.9 Å². The van der Waals surface area contributed by atoms with Gasteiger partial charge in [0, 0.05) is 36.2 Å². The van der Waals surface area contributed by atoms with E-state index in [-0.39, 0.29) is 16.3 Å². The highest BCUT2D eigenvalue weighted by Crippen LogP contribution is 2.36. The number of fused-ring (bicyclic) bond motifs is 1. The van der Waals surface area contributed by atoms with Crippen molar-refractivity contribution in [2.45, 2.75) is 31.6 Å². The van der Waals surface area contributed by atoms with Crippen LogP contribution in [-0.4, -0.2) is 60.5 Å². The number of rotatable bonds is 7. The third-order valence-corrected chi connectivity index (χ3v) is 8.49. The van der Waals surface area contributed by atoms with Crippen LogP contribution in [-0.2, 0) is 10.0 Å². The van der Waals surface area contributed by atoms with E-state index < -0.39 is 15.9 Å². The Labute approximate surface area is 221 Å². The molecule has 4 aromatic rings. The highest BCUT2D eigenvalue weighted by molar-refractivity contribution is 7.89. The molecule has 0 unspecified atom stereocenters. The molecule has 1 aliphatic heterocycles. The molecule has 0 saturated carbocycles. The molecule has 0 atom stereocenters. The van der Waals surface area contributed by atoms with Gasteiger partial charge in [-0.05, 0) is 62.6 Å². The van der Waals surface area contributed by atoms with E-state index in [9.17, 15) is 13.2 Å². The summed E-state index contributed by atoms with van der Waals surface area (Å²) in [6.45, 7) is 4.65. The van der Waals surface area contributed by atoms with Gasteiger partial charge in [0.1, 0.15) is 16.4 Å². The van der Waals surface area contributed by atoms with E-state index in [0.717, 1.165) is 24.2 Å². The lowest BCUT2D eigenvalue weighted by molar-refractivity contribution is 0.102. The molecule has 198 valence electrons. The predicted octanol–water partition coefficient (Wildman–Crippen LogP) is 4.07. The number of anilines is 1. The first-order chi connectivity index (χ1) is 18.2. The topological polar surface area (TPSA) is 115 Å². The van der Waals surface area contributed by atoms with Crippen molar-refractivity contribution >= 4 is 27.3 Å². The minimum atomic E-state index is -3.81. The van der Waals surface area contributed by atoms with Gasteiger partial charge in [0.2, 0.25) is 10.0 Å². The molecule has 0 bridgehead atoms. The quantitative estimate of drug-likeness (QED) is 0.379. The van der Waals surface area contributed by atoms with Gasteiger partial charge < -0.3 is 14.8 Å². The average Bonchev–Trinajstić information content (AvgIpc) is 3.58. The Balaban J connectivity index is 1.69. The van der Waals surface area contributed by atoms with E-state index in [0.29, 0.717) is 41.3 Å². The molecule has 11 heteroatoms. The largest absolute Gasteiger partial charge is 0.497 e. The molecule has 10 nitrogen and oxygen atoms in total. The number of ether oxygens (including phenoxy) is 2. The van der Waals surface area contributed by atoms with Crippen LogP contribution >= 0.6 is 0 Å². The number of carbonyl (C=O) groups is 1. The third-order valence-electron chi connectivity index (χ3n) is 6.57. The van der Waals surface area contributed by atoms with Crippen molar-refractivity contribution in [3.63, 3.8) is 0 Å². The summed E-state index contributed by atoms with van der Waals surface area (Å²) in [4.78, 5) is 18.3. The molecule has 2 aromatic carbocycles. The first kappa shape index (κ1) is 25.7. The molecular weight excluding hydrogens is 506 g/mol. The highest BCUT2D eigenvalue weighted by Gasteiger charge is 2.31.